The third-order valence-electron chi connectivity index (χ3n) is 4.56. The molecule has 0 spiro atoms. The van der Waals surface area contributed by atoms with E-state index in [9.17, 15) is 9.90 Å². The quantitative estimate of drug-likeness (QED) is 0.593. The van der Waals surface area contributed by atoms with E-state index >= 15 is 0 Å². The van der Waals surface area contributed by atoms with Gasteiger partial charge in [-0.1, -0.05) is 19.8 Å². The standard InChI is InChI=1S/C15H24O2/c1-10-7-8-13(9-10)15(17)11(2)14(16)12-5-3-4-6-12/h10,12-13,17H,3-9H2,1-2H3. The second kappa shape index (κ2) is 5.24. The highest BCUT2D eigenvalue weighted by molar-refractivity contribution is 5.97. The number of ketones is 1. The van der Waals surface area contributed by atoms with E-state index in [2.05, 4.69) is 6.92 Å². The molecule has 2 heteroatoms. The summed E-state index contributed by atoms with van der Waals surface area (Å²) in [4.78, 5) is 12.2. The highest BCUT2D eigenvalue weighted by Crippen LogP contribution is 2.36. The van der Waals surface area contributed by atoms with E-state index in [1.54, 1.807) is 0 Å². The van der Waals surface area contributed by atoms with Crippen molar-refractivity contribution in [3.63, 3.8) is 0 Å². The van der Waals surface area contributed by atoms with Gasteiger partial charge in [-0.25, -0.2) is 0 Å². The van der Waals surface area contributed by atoms with Gasteiger partial charge in [0.05, 0.1) is 0 Å². The fourth-order valence-corrected chi connectivity index (χ4v) is 3.38. The van der Waals surface area contributed by atoms with Crippen molar-refractivity contribution in [1.29, 1.82) is 0 Å². The van der Waals surface area contributed by atoms with Crippen LogP contribution in [0.3, 0.4) is 0 Å². The first-order valence-electron chi connectivity index (χ1n) is 7.03. The van der Waals surface area contributed by atoms with E-state index in [-0.39, 0.29) is 17.6 Å². The molecule has 2 unspecified atom stereocenters. The lowest BCUT2D eigenvalue weighted by Gasteiger charge is -2.14. The van der Waals surface area contributed by atoms with E-state index in [0.29, 0.717) is 17.3 Å². The molecule has 2 aliphatic carbocycles. The Kier molecular flexibility index (Phi) is 3.90. The molecule has 2 atom stereocenters. The number of rotatable bonds is 3. The Labute approximate surface area is 104 Å². The summed E-state index contributed by atoms with van der Waals surface area (Å²) in [7, 11) is 0. The van der Waals surface area contributed by atoms with Gasteiger partial charge in [0, 0.05) is 17.4 Å². The second-order valence-electron chi connectivity index (χ2n) is 5.97. The predicted molar refractivity (Wildman–Crippen MR) is 68.8 cm³/mol. The van der Waals surface area contributed by atoms with E-state index in [1.807, 2.05) is 6.92 Å². The third-order valence-corrected chi connectivity index (χ3v) is 4.56. The van der Waals surface area contributed by atoms with Crippen molar-refractivity contribution >= 4 is 5.78 Å². The number of carbonyl (C=O) groups excluding carboxylic acids is 1. The molecule has 1 N–H and O–H groups in total. The van der Waals surface area contributed by atoms with Crippen LogP contribution in [-0.4, -0.2) is 10.9 Å². The minimum atomic E-state index is 0.191. The van der Waals surface area contributed by atoms with Gasteiger partial charge in [-0.05, 0) is 44.9 Å². The zero-order valence-electron chi connectivity index (χ0n) is 11.0. The van der Waals surface area contributed by atoms with Crippen LogP contribution in [0.25, 0.3) is 0 Å². The molecule has 2 nitrogen and oxygen atoms in total. The van der Waals surface area contributed by atoms with Gasteiger partial charge in [0.1, 0.15) is 5.76 Å². The van der Waals surface area contributed by atoms with Crippen LogP contribution in [0.4, 0.5) is 0 Å². The van der Waals surface area contributed by atoms with Gasteiger partial charge < -0.3 is 5.11 Å². The molecule has 2 saturated carbocycles. The van der Waals surface area contributed by atoms with Crippen LogP contribution < -0.4 is 0 Å². The maximum atomic E-state index is 12.2. The monoisotopic (exact) mass is 236 g/mol. The Bertz CT molecular complexity index is 324. The Morgan fingerprint density at radius 3 is 2.24 bits per heavy atom. The highest BCUT2D eigenvalue weighted by atomic mass is 16.3. The maximum Gasteiger partial charge on any atom is 0.164 e. The molecule has 2 aliphatic rings. The fraction of sp³-hybridized carbons (Fsp3) is 0.800. The number of hydrogen-bond acceptors (Lipinski definition) is 2. The summed E-state index contributed by atoms with van der Waals surface area (Å²) < 4.78 is 0. The summed E-state index contributed by atoms with van der Waals surface area (Å²) in [5.41, 5.74) is 0.649. The molecular formula is C15H24O2. The average Bonchev–Trinajstić information content (AvgIpc) is 2.96. The van der Waals surface area contributed by atoms with Gasteiger partial charge in [-0.3, -0.25) is 4.79 Å². The van der Waals surface area contributed by atoms with Gasteiger partial charge in [0.25, 0.3) is 0 Å². The number of aliphatic hydroxyl groups is 1. The third kappa shape index (κ3) is 2.72. The maximum absolute atomic E-state index is 12.2. The van der Waals surface area contributed by atoms with Crippen LogP contribution in [0.1, 0.15) is 58.8 Å². The Morgan fingerprint density at radius 2 is 1.71 bits per heavy atom. The van der Waals surface area contributed by atoms with E-state index in [4.69, 9.17) is 0 Å². The van der Waals surface area contributed by atoms with Crippen LogP contribution >= 0.6 is 0 Å². The van der Waals surface area contributed by atoms with Gasteiger partial charge in [0.15, 0.2) is 5.78 Å². The number of allylic oxidation sites excluding steroid dienone is 2. The zero-order chi connectivity index (χ0) is 12.4. The van der Waals surface area contributed by atoms with Crippen molar-refractivity contribution in [3.05, 3.63) is 11.3 Å². The summed E-state index contributed by atoms with van der Waals surface area (Å²) in [5.74, 6) is 1.73. The summed E-state index contributed by atoms with van der Waals surface area (Å²) in [6.45, 7) is 4.04. The second-order valence-corrected chi connectivity index (χ2v) is 5.97. The summed E-state index contributed by atoms with van der Waals surface area (Å²) in [5, 5.41) is 10.2. The Hall–Kier alpha value is -0.790. The molecule has 0 aromatic carbocycles. The number of Topliss-reactive ketones (excluding diaryl/α,β-unsaturated/α-hetero) is 1. The molecule has 96 valence electrons. The van der Waals surface area contributed by atoms with Crippen molar-refractivity contribution in [3.8, 4) is 0 Å². The number of carbonyl (C=O) groups is 1. The number of aliphatic hydroxyl groups excluding tert-OH is 1. The van der Waals surface area contributed by atoms with Crippen molar-refractivity contribution in [2.24, 2.45) is 17.8 Å². The van der Waals surface area contributed by atoms with Gasteiger partial charge >= 0.3 is 0 Å². The zero-order valence-corrected chi connectivity index (χ0v) is 11.0. The van der Waals surface area contributed by atoms with Crippen LogP contribution in [0.15, 0.2) is 11.3 Å². The van der Waals surface area contributed by atoms with Crippen molar-refractivity contribution in [2.45, 2.75) is 58.8 Å². The van der Waals surface area contributed by atoms with E-state index in [1.165, 1.54) is 19.3 Å². The fourth-order valence-electron chi connectivity index (χ4n) is 3.38. The van der Waals surface area contributed by atoms with Crippen LogP contribution in [0.5, 0.6) is 0 Å². The molecule has 0 amide bonds. The summed E-state index contributed by atoms with van der Waals surface area (Å²) in [6, 6.07) is 0. The lowest BCUT2D eigenvalue weighted by molar-refractivity contribution is -0.119. The number of hydrogen-bond donors (Lipinski definition) is 1. The van der Waals surface area contributed by atoms with Gasteiger partial charge in [-0.2, -0.15) is 0 Å². The molecule has 0 heterocycles. The van der Waals surface area contributed by atoms with Crippen LogP contribution in [-0.2, 0) is 4.79 Å². The molecular weight excluding hydrogens is 212 g/mol. The lowest BCUT2D eigenvalue weighted by Crippen LogP contribution is -2.15. The first-order valence-corrected chi connectivity index (χ1v) is 7.03. The summed E-state index contributed by atoms with van der Waals surface area (Å²) in [6.07, 6.45) is 7.65. The molecule has 0 aromatic rings. The van der Waals surface area contributed by atoms with Crippen molar-refractivity contribution in [2.75, 3.05) is 0 Å². The Balaban J connectivity index is 2.05. The SMILES string of the molecule is CC(C(=O)C1CCCC1)=C(O)C1CCC(C)C1. The first kappa shape index (κ1) is 12.7. The predicted octanol–water partition coefficient (Wildman–Crippen LogP) is 4.01. The molecule has 0 saturated heterocycles. The van der Waals surface area contributed by atoms with Gasteiger partial charge in [0.2, 0.25) is 0 Å². The minimum absolute atomic E-state index is 0.191. The van der Waals surface area contributed by atoms with E-state index < -0.39 is 0 Å². The molecule has 0 aromatic heterocycles. The first-order chi connectivity index (χ1) is 8.09. The molecule has 2 fully saturated rings. The topological polar surface area (TPSA) is 37.3 Å². The van der Waals surface area contributed by atoms with Crippen molar-refractivity contribution in [1.82, 2.24) is 0 Å². The lowest BCUT2D eigenvalue weighted by atomic mass is 9.92. The van der Waals surface area contributed by atoms with E-state index in [0.717, 1.165) is 25.7 Å². The highest BCUT2D eigenvalue weighted by Gasteiger charge is 2.30. The minimum Gasteiger partial charge on any atom is -0.512 e. The van der Waals surface area contributed by atoms with Gasteiger partial charge in [-0.15, -0.1) is 0 Å². The van der Waals surface area contributed by atoms with Crippen LogP contribution in [0.2, 0.25) is 0 Å². The van der Waals surface area contributed by atoms with Crippen molar-refractivity contribution < 1.29 is 9.90 Å². The summed E-state index contributed by atoms with van der Waals surface area (Å²) >= 11 is 0. The molecule has 0 bridgehead atoms. The normalized spacial score (nSPS) is 31.6. The molecule has 0 aliphatic heterocycles. The Morgan fingerprint density at radius 1 is 1.06 bits per heavy atom. The smallest absolute Gasteiger partial charge is 0.164 e. The van der Waals surface area contributed by atoms with Crippen LogP contribution in [0, 0.1) is 17.8 Å². The molecule has 2 rings (SSSR count). The molecule has 0 radical (unpaired) electrons. The largest absolute Gasteiger partial charge is 0.512 e. The molecule has 17 heavy (non-hydrogen) atoms. The average molecular weight is 236 g/mol.